The Kier molecular flexibility index (Phi) is 5.68. The largest absolute Gasteiger partial charge is 0.366 e. The van der Waals surface area contributed by atoms with E-state index in [-0.39, 0.29) is 11.9 Å². The average Bonchev–Trinajstić information content (AvgIpc) is 2.31. The maximum atomic E-state index is 11.8. The number of hydrogen-bond donors (Lipinski definition) is 2. The lowest BCUT2D eigenvalue weighted by atomic mass is 10.2. The molecule has 0 spiro atoms. The fourth-order valence-electron chi connectivity index (χ4n) is 1.62. The first kappa shape index (κ1) is 13.4. The number of carbonyl (C=O) groups is 1. The van der Waals surface area contributed by atoms with E-state index in [1.54, 1.807) is 0 Å². The van der Waals surface area contributed by atoms with Gasteiger partial charge in [0.25, 0.3) is 5.91 Å². The molecule has 1 amide bonds. The molecule has 16 heavy (non-hydrogen) atoms. The van der Waals surface area contributed by atoms with Crippen LogP contribution in [0.1, 0.15) is 6.92 Å². The van der Waals surface area contributed by atoms with E-state index in [1.165, 1.54) is 14.2 Å². The molecule has 2 atom stereocenters. The van der Waals surface area contributed by atoms with E-state index >= 15 is 0 Å². The summed E-state index contributed by atoms with van der Waals surface area (Å²) in [6.45, 7) is 3.72. The van der Waals surface area contributed by atoms with E-state index < -0.39 is 12.4 Å². The lowest BCUT2D eigenvalue weighted by molar-refractivity contribution is -0.145. The van der Waals surface area contributed by atoms with Crippen molar-refractivity contribution in [1.82, 2.24) is 10.6 Å². The monoisotopic (exact) mass is 232 g/mol. The highest BCUT2D eigenvalue weighted by Crippen LogP contribution is 2.01. The van der Waals surface area contributed by atoms with Crippen molar-refractivity contribution in [3.8, 4) is 0 Å². The van der Waals surface area contributed by atoms with Crippen molar-refractivity contribution in [2.45, 2.75) is 25.4 Å². The van der Waals surface area contributed by atoms with Crippen LogP contribution in [-0.2, 0) is 19.0 Å². The van der Waals surface area contributed by atoms with E-state index in [0.29, 0.717) is 13.2 Å². The van der Waals surface area contributed by atoms with Crippen molar-refractivity contribution >= 4 is 5.91 Å². The standard InChI is InChI=1S/C10H20N2O4/c1-7(10(14-2)15-3)12-9(13)8-6-11-4-5-16-8/h7-8,10-11H,4-6H2,1-3H3,(H,12,13). The van der Waals surface area contributed by atoms with Crippen LogP contribution in [0.15, 0.2) is 0 Å². The highest BCUT2D eigenvalue weighted by Gasteiger charge is 2.25. The van der Waals surface area contributed by atoms with Crippen LogP contribution in [0.3, 0.4) is 0 Å². The highest BCUT2D eigenvalue weighted by molar-refractivity contribution is 5.81. The van der Waals surface area contributed by atoms with Crippen molar-refractivity contribution < 1.29 is 19.0 Å². The van der Waals surface area contributed by atoms with Gasteiger partial charge in [-0.15, -0.1) is 0 Å². The summed E-state index contributed by atoms with van der Waals surface area (Å²) < 4.78 is 15.4. The second kappa shape index (κ2) is 6.80. The number of hydrogen-bond acceptors (Lipinski definition) is 5. The van der Waals surface area contributed by atoms with Crippen molar-refractivity contribution in [2.24, 2.45) is 0 Å². The summed E-state index contributed by atoms with van der Waals surface area (Å²) in [6, 6.07) is -0.215. The second-order valence-electron chi connectivity index (χ2n) is 3.70. The first-order valence-electron chi connectivity index (χ1n) is 5.37. The molecule has 1 heterocycles. The summed E-state index contributed by atoms with van der Waals surface area (Å²) in [5, 5.41) is 5.90. The number of rotatable bonds is 5. The van der Waals surface area contributed by atoms with Crippen LogP contribution in [0.25, 0.3) is 0 Å². The summed E-state index contributed by atoms with van der Waals surface area (Å²) in [7, 11) is 3.07. The van der Waals surface area contributed by atoms with Crippen LogP contribution >= 0.6 is 0 Å². The van der Waals surface area contributed by atoms with Gasteiger partial charge in [0.1, 0.15) is 6.10 Å². The Labute approximate surface area is 95.6 Å². The minimum Gasteiger partial charge on any atom is -0.366 e. The van der Waals surface area contributed by atoms with Crippen LogP contribution in [0.2, 0.25) is 0 Å². The maximum absolute atomic E-state index is 11.8. The van der Waals surface area contributed by atoms with Gasteiger partial charge >= 0.3 is 0 Å². The summed E-state index contributed by atoms with van der Waals surface area (Å²) in [6.07, 6.45) is -0.869. The molecule has 6 nitrogen and oxygen atoms in total. The smallest absolute Gasteiger partial charge is 0.250 e. The van der Waals surface area contributed by atoms with Crippen molar-refractivity contribution in [1.29, 1.82) is 0 Å². The molecule has 1 rings (SSSR count). The van der Waals surface area contributed by atoms with Gasteiger partial charge in [-0.05, 0) is 6.92 Å². The number of methoxy groups -OCH3 is 2. The summed E-state index contributed by atoms with van der Waals surface area (Å²) in [4.78, 5) is 11.8. The third-order valence-corrected chi connectivity index (χ3v) is 2.46. The van der Waals surface area contributed by atoms with Gasteiger partial charge in [-0.2, -0.15) is 0 Å². The fraction of sp³-hybridized carbons (Fsp3) is 0.900. The molecular weight excluding hydrogens is 212 g/mol. The molecule has 1 saturated heterocycles. The third-order valence-electron chi connectivity index (χ3n) is 2.46. The third kappa shape index (κ3) is 3.71. The van der Waals surface area contributed by atoms with Crippen molar-refractivity contribution in [3.05, 3.63) is 0 Å². The summed E-state index contributed by atoms with van der Waals surface area (Å²) >= 11 is 0. The molecule has 6 heteroatoms. The van der Waals surface area contributed by atoms with Gasteiger partial charge in [0, 0.05) is 27.3 Å². The van der Waals surface area contributed by atoms with Crippen molar-refractivity contribution in [2.75, 3.05) is 33.9 Å². The molecule has 1 aliphatic heterocycles. The molecular formula is C10H20N2O4. The molecule has 94 valence electrons. The number of nitrogens with one attached hydrogen (secondary N) is 2. The molecule has 2 unspecified atom stereocenters. The number of carbonyl (C=O) groups excluding carboxylic acids is 1. The summed E-state index contributed by atoms with van der Waals surface area (Å²) in [5.74, 6) is -0.140. The van der Waals surface area contributed by atoms with E-state index in [9.17, 15) is 4.79 Å². The first-order chi connectivity index (χ1) is 7.69. The molecule has 0 aliphatic carbocycles. The molecule has 2 N–H and O–H groups in total. The Balaban J connectivity index is 2.37. The summed E-state index contributed by atoms with van der Waals surface area (Å²) in [5.41, 5.74) is 0. The molecule has 0 radical (unpaired) electrons. The molecule has 0 bridgehead atoms. The van der Waals surface area contributed by atoms with E-state index in [1.807, 2.05) is 6.92 Å². The lowest BCUT2D eigenvalue weighted by Crippen LogP contribution is -2.52. The highest BCUT2D eigenvalue weighted by atomic mass is 16.7. The van der Waals surface area contributed by atoms with Crippen LogP contribution < -0.4 is 10.6 Å². The van der Waals surface area contributed by atoms with Crippen LogP contribution in [0.5, 0.6) is 0 Å². The minimum atomic E-state index is -0.444. The minimum absolute atomic E-state index is 0.140. The molecule has 1 aliphatic rings. The number of morpholine rings is 1. The zero-order valence-corrected chi connectivity index (χ0v) is 9.99. The number of ether oxygens (including phenoxy) is 3. The Bertz CT molecular complexity index is 215. The Morgan fingerprint density at radius 1 is 1.50 bits per heavy atom. The van der Waals surface area contributed by atoms with E-state index in [4.69, 9.17) is 14.2 Å². The van der Waals surface area contributed by atoms with Gasteiger partial charge in [0.05, 0.1) is 12.6 Å². The fourth-order valence-corrected chi connectivity index (χ4v) is 1.62. The molecule has 0 aromatic heterocycles. The first-order valence-corrected chi connectivity index (χ1v) is 5.37. The molecule has 0 saturated carbocycles. The van der Waals surface area contributed by atoms with E-state index in [0.717, 1.165) is 6.54 Å². The topological polar surface area (TPSA) is 68.8 Å². The Morgan fingerprint density at radius 3 is 2.69 bits per heavy atom. The van der Waals surface area contributed by atoms with Gasteiger partial charge in [0.15, 0.2) is 6.29 Å². The van der Waals surface area contributed by atoms with Crippen molar-refractivity contribution in [3.63, 3.8) is 0 Å². The van der Waals surface area contributed by atoms with Gasteiger partial charge < -0.3 is 24.8 Å². The normalized spacial score (nSPS) is 23.1. The Morgan fingerprint density at radius 2 is 2.19 bits per heavy atom. The zero-order chi connectivity index (χ0) is 12.0. The molecule has 0 aromatic carbocycles. The average molecular weight is 232 g/mol. The maximum Gasteiger partial charge on any atom is 0.250 e. The van der Waals surface area contributed by atoms with Crippen LogP contribution in [0.4, 0.5) is 0 Å². The predicted molar refractivity (Wildman–Crippen MR) is 58.0 cm³/mol. The van der Waals surface area contributed by atoms with Crippen LogP contribution in [0, 0.1) is 0 Å². The molecule has 1 fully saturated rings. The number of amides is 1. The Hall–Kier alpha value is -0.690. The zero-order valence-electron chi connectivity index (χ0n) is 9.99. The quantitative estimate of drug-likeness (QED) is 0.601. The second-order valence-corrected chi connectivity index (χ2v) is 3.70. The van der Waals surface area contributed by atoms with Gasteiger partial charge in [0.2, 0.25) is 0 Å². The molecule has 0 aromatic rings. The van der Waals surface area contributed by atoms with Gasteiger partial charge in [-0.1, -0.05) is 0 Å². The predicted octanol–water partition coefficient (Wildman–Crippen LogP) is -0.902. The van der Waals surface area contributed by atoms with Gasteiger partial charge in [-0.25, -0.2) is 0 Å². The van der Waals surface area contributed by atoms with Crippen LogP contribution in [-0.4, -0.2) is 58.3 Å². The SMILES string of the molecule is COC(OC)C(C)NC(=O)C1CNCCO1. The lowest BCUT2D eigenvalue weighted by Gasteiger charge is -2.27. The van der Waals surface area contributed by atoms with Gasteiger partial charge in [-0.3, -0.25) is 4.79 Å². The van der Waals surface area contributed by atoms with E-state index in [2.05, 4.69) is 10.6 Å².